The monoisotopic (exact) mass is 354 g/mol. The van der Waals surface area contributed by atoms with Crippen molar-refractivity contribution >= 4 is 12.4 Å². The van der Waals surface area contributed by atoms with E-state index in [0.717, 1.165) is 19.1 Å². The van der Waals surface area contributed by atoms with E-state index >= 15 is 0 Å². The Morgan fingerprint density at radius 3 is 2.67 bits per heavy atom. The first-order valence-electron chi connectivity index (χ1n) is 9.38. The SMILES string of the molecule is CCn1ccnc1CN(CCC(C)(C)C)C1CC12CCNCC2.Cl. The van der Waals surface area contributed by atoms with Gasteiger partial charge < -0.3 is 9.88 Å². The summed E-state index contributed by atoms with van der Waals surface area (Å²) in [6.07, 6.45) is 9.42. The molecule has 1 spiro atoms. The molecule has 1 atom stereocenters. The highest BCUT2D eigenvalue weighted by Gasteiger charge is 2.56. The van der Waals surface area contributed by atoms with Gasteiger partial charge in [0, 0.05) is 25.0 Å². The summed E-state index contributed by atoms with van der Waals surface area (Å²) in [5.74, 6) is 1.23. The van der Waals surface area contributed by atoms with Crippen molar-refractivity contribution in [3.05, 3.63) is 18.2 Å². The van der Waals surface area contributed by atoms with E-state index in [1.807, 2.05) is 6.20 Å². The van der Waals surface area contributed by atoms with Crippen LogP contribution in [0.2, 0.25) is 0 Å². The molecule has 1 aliphatic heterocycles. The zero-order valence-electron chi connectivity index (χ0n) is 15.8. The smallest absolute Gasteiger partial charge is 0.122 e. The lowest BCUT2D eigenvalue weighted by molar-refractivity contribution is 0.167. The summed E-state index contributed by atoms with van der Waals surface area (Å²) in [7, 11) is 0. The maximum Gasteiger partial charge on any atom is 0.122 e. The minimum atomic E-state index is 0. The van der Waals surface area contributed by atoms with E-state index in [1.165, 1.54) is 51.1 Å². The Bertz CT molecular complexity index is 514. The first kappa shape index (κ1) is 19.7. The number of aromatic nitrogens is 2. The normalized spacial score (nSPS) is 22.6. The van der Waals surface area contributed by atoms with Crippen LogP contribution in [0.5, 0.6) is 0 Å². The first-order chi connectivity index (χ1) is 10.9. The number of aryl methyl sites for hydroxylation is 1. The highest BCUT2D eigenvalue weighted by Crippen LogP contribution is 2.56. The summed E-state index contributed by atoms with van der Waals surface area (Å²) in [5, 5.41) is 3.52. The maximum atomic E-state index is 4.62. The van der Waals surface area contributed by atoms with Crippen LogP contribution in [-0.2, 0) is 13.1 Å². The molecule has 2 fully saturated rings. The Balaban J connectivity index is 0.00000208. The average Bonchev–Trinajstić information content (AvgIpc) is 2.99. The van der Waals surface area contributed by atoms with Crippen LogP contribution in [0, 0.1) is 10.8 Å². The van der Waals surface area contributed by atoms with Gasteiger partial charge in [0.2, 0.25) is 0 Å². The minimum Gasteiger partial charge on any atom is -0.334 e. The van der Waals surface area contributed by atoms with Crippen molar-refractivity contribution in [3.8, 4) is 0 Å². The van der Waals surface area contributed by atoms with Gasteiger partial charge >= 0.3 is 0 Å². The highest BCUT2D eigenvalue weighted by molar-refractivity contribution is 5.85. The molecule has 1 aliphatic carbocycles. The van der Waals surface area contributed by atoms with E-state index in [9.17, 15) is 0 Å². The van der Waals surface area contributed by atoms with Crippen molar-refractivity contribution in [1.29, 1.82) is 0 Å². The van der Waals surface area contributed by atoms with Gasteiger partial charge in [0.1, 0.15) is 5.82 Å². The van der Waals surface area contributed by atoms with Crippen molar-refractivity contribution in [1.82, 2.24) is 19.8 Å². The zero-order valence-corrected chi connectivity index (χ0v) is 16.7. The van der Waals surface area contributed by atoms with E-state index < -0.39 is 0 Å². The molecule has 1 saturated carbocycles. The third-order valence-corrected chi connectivity index (χ3v) is 5.82. The molecular formula is C19H35ClN4. The van der Waals surface area contributed by atoms with Crippen LogP contribution in [0.3, 0.4) is 0 Å². The number of imidazole rings is 1. The number of hydrogen-bond donors (Lipinski definition) is 1. The van der Waals surface area contributed by atoms with E-state index in [2.05, 4.69) is 53.7 Å². The van der Waals surface area contributed by atoms with Crippen LogP contribution in [-0.4, -0.2) is 40.1 Å². The van der Waals surface area contributed by atoms with Crippen LogP contribution in [0.25, 0.3) is 0 Å². The molecule has 2 aliphatic rings. The molecule has 0 aromatic carbocycles. The van der Waals surface area contributed by atoms with Crippen molar-refractivity contribution in [2.75, 3.05) is 19.6 Å². The quantitative estimate of drug-likeness (QED) is 0.845. The zero-order chi connectivity index (χ0) is 16.5. The Hall–Kier alpha value is -0.580. The fourth-order valence-electron chi connectivity index (χ4n) is 4.09. The second kappa shape index (κ2) is 7.76. The van der Waals surface area contributed by atoms with Gasteiger partial charge in [-0.15, -0.1) is 12.4 Å². The number of nitrogens with one attached hydrogen (secondary N) is 1. The van der Waals surface area contributed by atoms with Crippen molar-refractivity contribution in [2.45, 2.75) is 72.5 Å². The van der Waals surface area contributed by atoms with Gasteiger partial charge in [0.05, 0.1) is 6.54 Å². The van der Waals surface area contributed by atoms with Gasteiger partial charge in [0.15, 0.2) is 0 Å². The molecule has 1 unspecified atom stereocenters. The lowest BCUT2D eigenvalue weighted by atomic mass is 9.91. The fraction of sp³-hybridized carbons (Fsp3) is 0.842. The summed E-state index contributed by atoms with van der Waals surface area (Å²) in [5.41, 5.74) is 1.00. The van der Waals surface area contributed by atoms with Crippen LogP contribution >= 0.6 is 12.4 Å². The van der Waals surface area contributed by atoms with Gasteiger partial charge in [-0.3, -0.25) is 4.90 Å². The number of rotatable bonds is 6. The molecule has 0 amide bonds. The van der Waals surface area contributed by atoms with E-state index in [4.69, 9.17) is 0 Å². The Morgan fingerprint density at radius 1 is 1.33 bits per heavy atom. The van der Waals surface area contributed by atoms with Crippen molar-refractivity contribution in [2.24, 2.45) is 10.8 Å². The standard InChI is InChI=1S/C19H34N4.ClH/c1-5-22-13-11-21-17(22)15-23(12-8-18(2,3)4)16-14-19(16)6-9-20-10-7-19;/h11,13,16,20H,5-10,12,14-15H2,1-4H3;1H. The minimum absolute atomic E-state index is 0. The topological polar surface area (TPSA) is 33.1 Å². The van der Waals surface area contributed by atoms with Crippen LogP contribution < -0.4 is 5.32 Å². The predicted octanol–water partition coefficient (Wildman–Crippen LogP) is 3.71. The van der Waals surface area contributed by atoms with Gasteiger partial charge in [-0.1, -0.05) is 20.8 Å². The fourth-order valence-corrected chi connectivity index (χ4v) is 4.09. The molecule has 1 aromatic heterocycles. The van der Waals surface area contributed by atoms with Crippen LogP contribution in [0.4, 0.5) is 0 Å². The molecule has 1 N–H and O–H groups in total. The van der Waals surface area contributed by atoms with E-state index in [1.54, 1.807) is 0 Å². The largest absolute Gasteiger partial charge is 0.334 e. The Morgan fingerprint density at radius 2 is 2.04 bits per heavy atom. The second-order valence-corrected chi connectivity index (χ2v) is 8.74. The van der Waals surface area contributed by atoms with Crippen LogP contribution in [0.1, 0.15) is 59.2 Å². The maximum absolute atomic E-state index is 4.62. The van der Waals surface area contributed by atoms with Crippen LogP contribution in [0.15, 0.2) is 12.4 Å². The highest BCUT2D eigenvalue weighted by atomic mass is 35.5. The number of nitrogens with zero attached hydrogens (tertiary/aromatic N) is 3. The Labute approximate surface area is 153 Å². The number of hydrogen-bond acceptors (Lipinski definition) is 3. The number of halogens is 1. The van der Waals surface area contributed by atoms with Crippen molar-refractivity contribution < 1.29 is 0 Å². The molecule has 0 radical (unpaired) electrons. The molecule has 2 heterocycles. The molecule has 5 heteroatoms. The van der Waals surface area contributed by atoms with Gasteiger partial charge in [-0.25, -0.2) is 4.98 Å². The molecule has 138 valence electrons. The summed E-state index contributed by atoms with van der Waals surface area (Å²) < 4.78 is 2.29. The number of piperidine rings is 1. The lowest BCUT2D eigenvalue weighted by Gasteiger charge is -2.31. The predicted molar refractivity (Wildman–Crippen MR) is 103 cm³/mol. The molecule has 4 nitrogen and oxygen atoms in total. The summed E-state index contributed by atoms with van der Waals surface area (Å²) in [6, 6.07) is 0.772. The van der Waals surface area contributed by atoms with Gasteiger partial charge in [-0.05, 0) is 63.1 Å². The Kier molecular flexibility index (Phi) is 6.38. The molecule has 1 aromatic rings. The molecule has 24 heavy (non-hydrogen) atoms. The summed E-state index contributed by atoms with van der Waals surface area (Å²) in [4.78, 5) is 7.37. The van der Waals surface area contributed by atoms with Gasteiger partial charge in [-0.2, -0.15) is 0 Å². The molecular weight excluding hydrogens is 320 g/mol. The third kappa shape index (κ3) is 4.53. The molecule has 1 saturated heterocycles. The van der Waals surface area contributed by atoms with Crippen molar-refractivity contribution in [3.63, 3.8) is 0 Å². The van der Waals surface area contributed by atoms with Gasteiger partial charge in [0.25, 0.3) is 0 Å². The third-order valence-electron chi connectivity index (χ3n) is 5.82. The average molecular weight is 355 g/mol. The lowest BCUT2D eigenvalue weighted by Crippen LogP contribution is -2.37. The summed E-state index contributed by atoms with van der Waals surface area (Å²) >= 11 is 0. The second-order valence-electron chi connectivity index (χ2n) is 8.74. The molecule has 0 bridgehead atoms. The van der Waals surface area contributed by atoms with E-state index in [0.29, 0.717) is 10.8 Å². The molecule has 3 rings (SSSR count). The van der Waals surface area contributed by atoms with E-state index in [-0.39, 0.29) is 12.4 Å². The first-order valence-corrected chi connectivity index (χ1v) is 9.38. The summed E-state index contributed by atoms with van der Waals surface area (Å²) in [6.45, 7) is 14.9.